The molecular formula is C29H34ClNO3. The molecule has 34 heavy (non-hydrogen) atoms. The molecule has 0 unspecified atom stereocenters. The van der Waals surface area contributed by atoms with E-state index in [1.54, 1.807) is 29.2 Å². The van der Waals surface area contributed by atoms with Crippen LogP contribution in [-0.4, -0.2) is 17.0 Å². The van der Waals surface area contributed by atoms with Crippen molar-refractivity contribution in [3.8, 4) is 0 Å². The Morgan fingerprint density at radius 2 is 1.76 bits per heavy atom. The van der Waals surface area contributed by atoms with E-state index in [-0.39, 0.29) is 27.7 Å². The van der Waals surface area contributed by atoms with Crippen LogP contribution in [-0.2, 0) is 16.6 Å². The molecule has 1 aliphatic heterocycles. The van der Waals surface area contributed by atoms with Crippen LogP contribution in [0.25, 0.3) is 0 Å². The molecule has 0 bridgehead atoms. The topological polar surface area (TPSA) is 57.6 Å². The van der Waals surface area contributed by atoms with E-state index >= 15 is 0 Å². The quantitative estimate of drug-likeness (QED) is 0.486. The summed E-state index contributed by atoms with van der Waals surface area (Å²) < 4.78 is 0. The van der Waals surface area contributed by atoms with Gasteiger partial charge in [0, 0.05) is 28.7 Å². The van der Waals surface area contributed by atoms with Crippen LogP contribution in [0.4, 0.5) is 5.69 Å². The van der Waals surface area contributed by atoms with E-state index in [1.165, 1.54) is 5.57 Å². The summed E-state index contributed by atoms with van der Waals surface area (Å²) in [5.74, 6) is -0.967. The SMILES string of the molecule is CC(C)(C)CCc1ccc([C@]23CCC(C)(C)C2=CN(c2ccc(C(=O)O)cc2)C(=O)C3)cc1Cl. The van der Waals surface area contributed by atoms with Crippen molar-refractivity contribution >= 4 is 29.2 Å². The zero-order chi connectivity index (χ0) is 24.9. The van der Waals surface area contributed by atoms with Gasteiger partial charge in [0.1, 0.15) is 0 Å². The first-order valence-electron chi connectivity index (χ1n) is 12.0. The van der Waals surface area contributed by atoms with E-state index in [0.29, 0.717) is 12.1 Å². The number of hydrogen-bond donors (Lipinski definition) is 1. The highest BCUT2D eigenvalue weighted by atomic mass is 35.5. The number of amides is 1. The van der Waals surface area contributed by atoms with Gasteiger partial charge in [-0.25, -0.2) is 4.79 Å². The zero-order valence-corrected chi connectivity index (χ0v) is 21.5. The molecule has 1 fully saturated rings. The smallest absolute Gasteiger partial charge is 0.335 e. The second-order valence-corrected chi connectivity index (χ2v) is 12.1. The number of halogens is 1. The predicted molar refractivity (Wildman–Crippen MR) is 138 cm³/mol. The van der Waals surface area contributed by atoms with Gasteiger partial charge in [-0.05, 0) is 83.5 Å². The summed E-state index contributed by atoms with van der Waals surface area (Å²) in [5.41, 5.74) is 4.23. The number of anilines is 1. The van der Waals surface area contributed by atoms with Gasteiger partial charge in [-0.3, -0.25) is 9.69 Å². The van der Waals surface area contributed by atoms with Crippen molar-refractivity contribution in [3.05, 3.63) is 76.0 Å². The number of carbonyl (C=O) groups is 2. The Balaban J connectivity index is 1.72. The number of benzene rings is 2. The fourth-order valence-electron chi connectivity index (χ4n) is 5.41. The number of hydrogen-bond acceptors (Lipinski definition) is 2. The van der Waals surface area contributed by atoms with E-state index in [0.717, 1.165) is 41.8 Å². The number of allylic oxidation sites excluding steroid dienone is 1. The lowest BCUT2D eigenvalue weighted by atomic mass is 9.68. The summed E-state index contributed by atoms with van der Waals surface area (Å²) in [6.45, 7) is 11.2. The van der Waals surface area contributed by atoms with Crippen LogP contribution in [0.15, 0.2) is 54.2 Å². The van der Waals surface area contributed by atoms with Gasteiger partial charge in [0.05, 0.1) is 5.56 Å². The van der Waals surface area contributed by atoms with Crippen LogP contribution in [0.5, 0.6) is 0 Å². The number of carboxylic acid groups (broad SMARTS) is 1. The average molecular weight is 480 g/mol. The molecule has 4 rings (SSSR count). The minimum atomic E-state index is -0.978. The Labute approximate surface area is 207 Å². The van der Waals surface area contributed by atoms with E-state index in [2.05, 4.69) is 52.8 Å². The molecule has 1 N–H and O–H groups in total. The van der Waals surface area contributed by atoms with Crippen LogP contribution < -0.4 is 4.90 Å². The first-order valence-corrected chi connectivity index (χ1v) is 12.4. The molecule has 1 amide bonds. The van der Waals surface area contributed by atoms with Gasteiger partial charge < -0.3 is 5.11 Å². The van der Waals surface area contributed by atoms with Crippen molar-refractivity contribution in [3.63, 3.8) is 0 Å². The summed E-state index contributed by atoms with van der Waals surface area (Å²) in [6, 6.07) is 12.9. The number of aromatic carboxylic acids is 1. The number of aryl methyl sites for hydroxylation is 1. The Hall–Kier alpha value is -2.59. The molecule has 0 saturated heterocycles. The second-order valence-electron chi connectivity index (χ2n) is 11.7. The fraction of sp³-hybridized carbons (Fsp3) is 0.448. The maximum atomic E-state index is 13.4. The predicted octanol–water partition coefficient (Wildman–Crippen LogP) is 7.40. The molecule has 4 nitrogen and oxygen atoms in total. The van der Waals surface area contributed by atoms with Crippen LogP contribution in [0.2, 0.25) is 5.02 Å². The van der Waals surface area contributed by atoms with E-state index in [9.17, 15) is 14.7 Å². The molecule has 180 valence electrons. The molecule has 0 aromatic heterocycles. The Bertz CT molecular complexity index is 1160. The molecule has 1 saturated carbocycles. The molecule has 2 aromatic rings. The fourth-order valence-corrected chi connectivity index (χ4v) is 5.69. The summed E-state index contributed by atoms with van der Waals surface area (Å²) in [4.78, 5) is 26.4. The number of fused-ring (bicyclic) bond motifs is 1. The highest BCUT2D eigenvalue weighted by Crippen LogP contribution is 2.59. The Kier molecular flexibility index (Phi) is 6.18. The van der Waals surface area contributed by atoms with Gasteiger partial charge in [0.15, 0.2) is 0 Å². The summed E-state index contributed by atoms with van der Waals surface area (Å²) in [5, 5.41) is 9.98. The van der Waals surface area contributed by atoms with Crippen molar-refractivity contribution in [2.45, 2.75) is 72.1 Å². The number of carbonyl (C=O) groups excluding carboxylic acids is 1. The molecule has 2 aliphatic rings. The van der Waals surface area contributed by atoms with Gasteiger partial charge in [0.2, 0.25) is 5.91 Å². The zero-order valence-electron chi connectivity index (χ0n) is 20.7. The molecule has 1 heterocycles. The Morgan fingerprint density at radius 1 is 1.09 bits per heavy atom. The standard InChI is InChI=1S/C29H34ClNO3/c1-27(2,3)13-12-19-6-9-21(16-23(19)30)29-15-14-28(4,5)24(29)18-31(25(32)17-29)22-10-7-20(8-11-22)26(33)34/h6-11,16,18H,12-15,17H2,1-5H3,(H,33,34)/t29-/m1/s1. The maximum Gasteiger partial charge on any atom is 0.335 e. The van der Waals surface area contributed by atoms with E-state index in [1.807, 2.05) is 6.20 Å². The molecule has 0 spiro atoms. The van der Waals surface area contributed by atoms with E-state index in [4.69, 9.17) is 11.6 Å². The maximum absolute atomic E-state index is 13.4. The summed E-state index contributed by atoms with van der Waals surface area (Å²) in [6.07, 6.45) is 6.26. The normalized spacial score (nSPS) is 21.9. The van der Waals surface area contributed by atoms with E-state index < -0.39 is 5.97 Å². The summed E-state index contributed by atoms with van der Waals surface area (Å²) >= 11 is 6.77. The van der Waals surface area contributed by atoms with Gasteiger partial charge in [-0.15, -0.1) is 0 Å². The highest BCUT2D eigenvalue weighted by Gasteiger charge is 2.53. The van der Waals surface area contributed by atoms with Crippen molar-refractivity contribution < 1.29 is 14.7 Å². The second kappa shape index (κ2) is 8.57. The minimum absolute atomic E-state index is 0.0115. The van der Waals surface area contributed by atoms with Gasteiger partial charge in [0.25, 0.3) is 0 Å². The third kappa shape index (κ3) is 4.53. The average Bonchev–Trinajstić information content (AvgIpc) is 3.02. The van der Waals surface area contributed by atoms with Gasteiger partial charge >= 0.3 is 5.97 Å². The molecule has 1 atom stereocenters. The molecule has 2 aromatic carbocycles. The highest BCUT2D eigenvalue weighted by molar-refractivity contribution is 6.31. The molecule has 5 heteroatoms. The van der Waals surface area contributed by atoms with Gasteiger partial charge in [-0.1, -0.05) is 58.4 Å². The number of carboxylic acids is 1. The third-order valence-corrected chi connectivity index (χ3v) is 7.90. The van der Waals surface area contributed by atoms with Crippen LogP contribution in [0.1, 0.15) is 81.8 Å². The Morgan fingerprint density at radius 3 is 2.35 bits per heavy atom. The minimum Gasteiger partial charge on any atom is -0.478 e. The monoisotopic (exact) mass is 479 g/mol. The van der Waals surface area contributed by atoms with Crippen LogP contribution >= 0.6 is 11.6 Å². The summed E-state index contributed by atoms with van der Waals surface area (Å²) in [7, 11) is 0. The molecule has 1 aliphatic carbocycles. The van der Waals surface area contributed by atoms with Crippen LogP contribution in [0, 0.1) is 10.8 Å². The van der Waals surface area contributed by atoms with Crippen molar-refractivity contribution in [2.24, 2.45) is 10.8 Å². The lowest BCUT2D eigenvalue weighted by Crippen LogP contribution is -2.42. The third-order valence-electron chi connectivity index (χ3n) is 7.54. The van der Waals surface area contributed by atoms with Crippen molar-refractivity contribution in [1.82, 2.24) is 0 Å². The molecule has 0 radical (unpaired) electrons. The van der Waals surface area contributed by atoms with Crippen LogP contribution in [0.3, 0.4) is 0 Å². The first kappa shape index (κ1) is 24.5. The van der Waals surface area contributed by atoms with Crippen molar-refractivity contribution in [2.75, 3.05) is 4.90 Å². The van der Waals surface area contributed by atoms with Gasteiger partial charge in [-0.2, -0.15) is 0 Å². The lowest BCUT2D eigenvalue weighted by Gasteiger charge is -2.41. The first-order chi connectivity index (χ1) is 15.8. The number of nitrogens with zero attached hydrogens (tertiary/aromatic N) is 1. The van der Waals surface area contributed by atoms with Crippen molar-refractivity contribution in [1.29, 1.82) is 0 Å². The largest absolute Gasteiger partial charge is 0.478 e. The molecular weight excluding hydrogens is 446 g/mol. The lowest BCUT2D eigenvalue weighted by molar-refractivity contribution is -0.119. The number of rotatable bonds is 5.